The number of nitrogens with one attached hydrogen (secondary N) is 1. The number of carbonyl (C=O) groups is 1. The molecule has 0 bridgehead atoms. The van der Waals surface area contributed by atoms with Crippen LogP contribution >= 0.6 is 11.3 Å². The van der Waals surface area contributed by atoms with E-state index < -0.39 is 0 Å². The van der Waals surface area contributed by atoms with Gasteiger partial charge >= 0.3 is 0 Å². The number of hydrogen-bond acceptors (Lipinski definition) is 7. The van der Waals surface area contributed by atoms with Crippen LogP contribution in [0.5, 0.6) is 16.7 Å². The van der Waals surface area contributed by atoms with Gasteiger partial charge in [-0.25, -0.2) is 9.97 Å². The first-order valence-corrected chi connectivity index (χ1v) is 13.2. The number of pyridine rings is 1. The Kier molecular flexibility index (Phi) is 7.73. The molecule has 1 fully saturated rings. The van der Waals surface area contributed by atoms with Gasteiger partial charge < -0.3 is 15.2 Å². The minimum Gasteiger partial charge on any atom is -0.507 e. The van der Waals surface area contributed by atoms with Crippen LogP contribution in [0.25, 0.3) is 10.3 Å². The number of carbonyl (C=O) groups excluding carboxylic acids is 1. The van der Waals surface area contributed by atoms with E-state index in [4.69, 9.17) is 4.74 Å². The second kappa shape index (κ2) is 11.5. The Morgan fingerprint density at radius 2 is 1.89 bits per heavy atom. The van der Waals surface area contributed by atoms with Crippen molar-refractivity contribution in [2.45, 2.75) is 32.2 Å². The first-order chi connectivity index (χ1) is 17.6. The quantitative estimate of drug-likeness (QED) is 0.289. The lowest BCUT2D eigenvalue weighted by Gasteiger charge is -2.32. The summed E-state index contributed by atoms with van der Waals surface area (Å²) in [4.78, 5) is 24.4. The smallest absolute Gasteiger partial charge is 0.281 e. The summed E-state index contributed by atoms with van der Waals surface area (Å²) in [5.41, 5.74) is 2.47. The van der Waals surface area contributed by atoms with E-state index in [9.17, 15) is 9.90 Å². The summed E-state index contributed by atoms with van der Waals surface area (Å²) in [5, 5.41) is 13.3. The summed E-state index contributed by atoms with van der Waals surface area (Å²) < 4.78 is 5.93. The number of hydrogen-bond donors (Lipinski definition) is 2. The Bertz CT molecular complexity index is 1270. The topological polar surface area (TPSA) is 87.6 Å². The molecule has 4 aromatic rings. The van der Waals surface area contributed by atoms with Crippen molar-refractivity contribution in [3.05, 3.63) is 78.0 Å². The molecule has 5 rings (SSSR count). The Morgan fingerprint density at radius 3 is 2.67 bits per heavy atom. The SMILES string of the molecule is O=C(NCCCC1CCN(Cc2ccc(Oc3nc4cccnc4s3)cc2)CC1)c1ccccc1O. The lowest BCUT2D eigenvalue weighted by atomic mass is 9.92. The number of ether oxygens (including phenoxy) is 1. The summed E-state index contributed by atoms with van der Waals surface area (Å²) in [6.07, 6.45) is 6.19. The number of benzene rings is 2. The van der Waals surface area contributed by atoms with Crippen molar-refractivity contribution < 1.29 is 14.6 Å². The molecule has 7 nitrogen and oxygen atoms in total. The molecule has 2 aromatic carbocycles. The van der Waals surface area contributed by atoms with Gasteiger partial charge in [0.25, 0.3) is 11.1 Å². The Labute approximate surface area is 214 Å². The zero-order valence-corrected chi connectivity index (χ0v) is 20.9. The van der Waals surface area contributed by atoms with Gasteiger partial charge in [0.05, 0.1) is 5.56 Å². The van der Waals surface area contributed by atoms with E-state index in [0.717, 1.165) is 48.6 Å². The van der Waals surface area contributed by atoms with Crippen LogP contribution < -0.4 is 10.1 Å². The summed E-state index contributed by atoms with van der Waals surface area (Å²) in [7, 11) is 0. The van der Waals surface area contributed by atoms with Crippen LogP contribution in [0.3, 0.4) is 0 Å². The maximum Gasteiger partial charge on any atom is 0.281 e. The summed E-state index contributed by atoms with van der Waals surface area (Å²) in [6.45, 7) is 3.75. The molecule has 0 unspecified atom stereocenters. The fraction of sp³-hybridized carbons (Fsp3) is 0.321. The third kappa shape index (κ3) is 6.19. The molecule has 36 heavy (non-hydrogen) atoms. The van der Waals surface area contributed by atoms with Crippen molar-refractivity contribution in [2.75, 3.05) is 19.6 Å². The average Bonchev–Trinajstić information content (AvgIpc) is 3.31. The number of para-hydroxylation sites is 1. The van der Waals surface area contributed by atoms with Gasteiger partial charge in [-0.05, 0) is 86.7 Å². The molecule has 186 valence electrons. The number of fused-ring (bicyclic) bond motifs is 1. The minimum absolute atomic E-state index is 0.0234. The minimum atomic E-state index is -0.212. The number of likely N-dealkylation sites (tertiary alicyclic amines) is 1. The predicted molar refractivity (Wildman–Crippen MR) is 142 cm³/mol. The number of rotatable bonds is 9. The molecule has 1 saturated heterocycles. The standard InChI is InChI=1S/C28H30N4O3S/c33-25-8-2-1-6-23(25)26(34)29-15-3-5-20-13-17-32(18-14-20)19-21-9-11-22(12-10-21)35-28-31-24-7-4-16-30-27(24)36-28/h1-2,4,6-12,16,20,33H,3,5,13-15,17-19H2,(H,29,34). The van der Waals surface area contributed by atoms with Gasteiger partial charge in [0.2, 0.25) is 0 Å². The second-order valence-corrected chi connectivity index (χ2v) is 10.1. The number of thiazole rings is 1. The number of phenolic OH excluding ortho intramolecular Hbond substituents is 1. The molecule has 2 aromatic heterocycles. The molecule has 1 aliphatic rings. The van der Waals surface area contributed by atoms with E-state index in [2.05, 4.69) is 32.3 Å². The third-order valence-electron chi connectivity index (χ3n) is 6.61. The van der Waals surface area contributed by atoms with Gasteiger partial charge in [-0.2, -0.15) is 0 Å². The van der Waals surface area contributed by atoms with E-state index in [1.165, 1.54) is 35.8 Å². The van der Waals surface area contributed by atoms with Crippen molar-refractivity contribution in [1.29, 1.82) is 0 Å². The molecule has 0 atom stereocenters. The monoisotopic (exact) mass is 502 g/mol. The first kappa shape index (κ1) is 24.2. The first-order valence-electron chi connectivity index (χ1n) is 12.4. The Balaban J connectivity index is 1.01. The molecular formula is C28H30N4O3S. The number of aromatic nitrogens is 2. The zero-order chi connectivity index (χ0) is 24.7. The van der Waals surface area contributed by atoms with Crippen LogP contribution in [0.4, 0.5) is 0 Å². The fourth-order valence-corrected chi connectivity index (χ4v) is 5.38. The third-order valence-corrected chi connectivity index (χ3v) is 7.47. The molecule has 2 N–H and O–H groups in total. The van der Waals surface area contributed by atoms with Crippen LogP contribution in [-0.4, -0.2) is 45.5 Å². The molecule has 8 heteroatoms. The largest absolute Gasteiger partial charge is 0.507 e. The number of piperidine rings is 1. The maximum atomic E-state index is 12.2. The highest BCUT2D eigenvalue weighted by Gasteiger charge is 2.19. The molecule has 0 spiro atoms. The molecular weight excluding hydrogens is 472 g/mol. The van der Waals surface area contributed by atoms with Crippen LogP contribution in [0, 0.1) is 5.92 Å². The zero-order valence-electron chi connectivity index (χ0n) is 20.1. The molecule has 1 aliphatic heterocycles. The van der Waals surface area contributed by atoms with Gasteiger partial charge in [-0.3, -0.25) is 9.69 Å². The van der Waals surface area contributed by atoms with Gasteiger partial charge in [-0.15, -0.1) is 0 Å². The molecule has 0 radical (unpaired) electrons. The van der Waals surface area contributed by atoms with Crippen LogP contribution in [0.15, 0.2) is 66.9 Å². The number of nitrogens with zero attached hydrogens (tertiary/aromatic N) is 3. The van der Waals surface area contributed by atoms with Crippen molar-refractivity contribution >= 4 is 27.6 Å². The molecule has 3 heterocycles. The number of aromatic hydroxyl groups is 1. The van der Waals surface area contributed by atoms with Gasteiger partial charge in [0.1, 0.15) is 21.8 Å². The Hall–Kier alpha value is -3.49. The van der Waals surface area contributed by atoms with E-state index in [1.54, 1.807) is 24.4 Å². The Morgan fingerprint density at radius 1 is 1.08 bits per heavy atom. The lowest BCUT2D eigenvalue weighted by molar-refractivity contribution is 0.0948. The van der Waals surface area contributed by atoms with Crippen LogP contribution in [0.2, 0.25) is 0 Å². The predicted octanol–water partition coefficient (Wildman–Crippen LogP) is 5.61. The van der Waals surface area contributed by atoms with Gasteiger partial charge in [-0.1, -0.05) is 35.6 Å². The number of amides is 1. The fourth-order valence-electron chi connectivity index (χ4n) is 4.60. The van der Waals surface area contributed by atoms with Gasteiger partial charge in [0.15, 0.2) is 0 Å². The summed E-state index contributed by atoms with van der Waals surface area (Å²) in [5.74, 6) is 1.29. The highest BCUT2D eigenvalue weighted by molar-refractivity contribution is 7.19. The van der Waals surface area contributed by atoms with Crippen LogP contribution in [-0.2, 0) is 6.54 Å². The van der Waals surface area contributed by atoms with Crippen molar-refractivity contribution in [3.8, 4) is 16.7 Å². The highest BCUT2D eigenvalue weighted by Crippen LogP contribution is 2.30. The second-order valence-electron chi connectivity index (χ2n) is 9.19. The number of phenols is 1. The molecule has 0 saturated carbocycles. The van der Waals surface area contributed by atoms with Crippen LogP contribution in [0.1, 0.15) is 41.6 Å². The average molecular weight is 503 g/mol. The molecule has 0 aliphatic carbocycles. The van der Waals surface area contributed by atoms with Crippen molar-refractivity contribution in [1.82, 2.24) is 20.2 Å². The summed E-state index contributed by atoms with van der Waals surface area (Å²) in [6, 6.07) is 18.7. The highest BCUT2D eigenvalue weighted by atomic mass is 32.1. The maximum absolute atomic E-state index is 12.2. The van der Waals surface area contributed by atoms with E-state index >= 15 is 0 Å². The molecule has 1 amide bonds. The van der Waals surface area contributed by atoms with Gasteiger partial charge in [0, 0.05) is 19.3 Å². The van der Waals surface area contributed by atoms with E-state index in [0.29, 0.717) is 23.2 Å². The van der Waals surface area contributed by atoms with Crippen molar-refractivity contribution in [2.24, 2.45) is 5.92 Å². The summed E-state index contributed by atoms with van der Waals surface area (Å²) >= 11 is 1.45. The van der Waals surface area contributed by atoms with E-state index in [1.807, 2.05) is 24.3 Å². The van der Waals surface area contributed by atoms with E-state index in [-0.39, 0.29) is 11.7 Å². The normalized spacial score (nSPS) is 14.7. The lowest BCUT2D eigenvalue weighted by Crippen LogP contribution is -2.33. The van der Waals surface area contributed by atoms with Crippen molar-refractivity contribution in [3.63, 3.8) is 0 Å².